The summed E-state index contributed by atoms with van der Waals surface area (Å²) in [5.41, 5.74) is 1.86. The van der Waals surface area contributed by atoms with Crippen LogP contribution in [0.15, 0.2) is 30.6 Å². The van der Waals surface area contributed by atoms with Gasteiger partial charge in [0.25, 0.3) is 5.91 Å². The molecule has 7 heteroatoms. The number of hydrogen-bond acceptors (Lipinski definition) is 5. The first-order valence-electron chi connectivity index (χ1n) is 8.68. The van der Waals surface area contributed by atoms with E-state index in [1.807, 2.05) is 0 Å². The molecule has 0 unspecified atom stereocenters. The number of carbonyl (C=O) groups is 1. The summed E-state index contributed by atoms with van der Waals surface area (Å²) in [7, 11) is 3.56. The molecule has 3 rings (SSSR count). The van der Waals surface area contributed by atoms with Crippen molar-refractivity contribution in [3.8, 4) is 5.75 Å². The molecule has 1 fully saturated rings. The molecule has 1 amide bonds. The van der Waals surface area contributed by atoms with Gasteiger partial charge in [-0.15, -0.1) is 0 Å². The molecule has 1 N–H and O–H groups in total. The zero-order valence-corrected chi connectivity index (χ0v) is 15.0. The largest absolute Gasteiger partial charge is 0.496 e. The van der Waals surface area contributed by atoms with Gasteiger partial charge in [0.2, 0.25) is 0 Å². The number of halogens is 1. The van der Waals surface area contributed by atoms with Gasteiger partial charge in [-0.1, -0.05) is 0 Å². The molecular weight excluding hydrogens is 335 g/mol. The van der Waals surface area contributed by atoms with Gasteiger partial charge in [0.15, 0.2) is 0 Å². The molecule has 0 atom stereocenters. The van der Waals surface area contributed by atoms with Gasteiger partial charge < -0.3 is 15.0 Å². The Bertz CT molecular complexity index is 776. The van der Waals surface area contributed by atoms with E-state index in [4.69, 9.17) is 4.74 Å². The van der Waals surface area contributed by atoms with Gasteiger partial charge >= 0.3 is 0 Å². The minimum Gasteiger partial charge on any atom is -0.496 e. The smallest absolute Gasteiger partial charge is 0.255 e. The molecule has 138 valence electrons. The fraction of sp³-hybridized carbons (Fsp3) is 0.421. The Morgan fingerprint density at radius 2 is 2.04 bits per heavy atom. The first kappa shape index (κ1) is 18.3. The summed E-state index contributed by atoms with van der Waals surface area (Å²) in [6, 6.07) is 3.87. The van der Waals surface area contributed by atoms with Crippen molar-refractivity contribution >= 4 is 5.91 Å². The number of nitrogens with zero attached hydrogens (tertiary/aromatic N) is 3. The van der Waals surface area contributed by atoms with Crippen LogP contribution in [0.25, 0.3) is 0 Å². The molecule has 1 aliphatic rings. The average molecular weight is 358 g/mol. The fourth-order valence-corrected chi connectivity index (χ4v) is 3.25. The molecule has 0 bridgehead atoms. The zero-order valence-electron chi connectivity index (χ0n) is 15.0. The highest BCUT2D eigenvalue weighted by atomic mass is 19.1. The molecule has 1 saturated heterocycles. The van der Waals surface area contributed by atoms with Crippen molar-refractivity contribution < 1.29 is 13.9 Å². The van der Waals surface area contributed by atoms with Gasteiger partial charge in [0.05, 0.1) is 30.6 Å². The number of rotatable bonds is 5. The van der Waals surface area contributed by atoms with E-state index >= 15 is 0 Å². The number of ether oxygens (including phenoxy) is 1. The summed E-state index contributed by atoms with van der Waals surface area (Å²) in [6.45, 7) is 2.29. The molecule has 0 aliphatic carbocycles. The summed E-state index contributed by atoms with van der Waals surface area (Å²) in [5.74, 6) is -0.210. The molecule has 26 heavy (non-hydrogen) atoms. The molecule has 6 nitrogen and oxygen atoms in total. The van der Waals surface area contributed by atoms with E-state index in [0.717, 1.165) is 37.3 Å². The number of hydrogen-bond donors (Lipinski definition) is 1. The van der Waals surface area contributed by atoms with Gasteiger partial charge in [-0.05, 0) is 51.2 Å². The number of carbonyl (C=O) groups excluding carboxylic acids is 1. The number of likely N-dealkylation sites (tertiary alicyclic amines) is 1. The van der Waals surface area contributed by atoms with E-state index in [0.29, 0.717) is 11.7 Å². The third-order valence-corrected chi connectivity index (χ3v) is 4.73. The number of aromatic nitrogens is 2. The van der Waals surface area contributed by atoms with Crippen LogP contribution in [0.5, 0.6) is 5.75 Å². The van der Waals surface area contributed by atoms with Crippen molar-refractivity contribution in [2.75, 3.05) is 27.2 Å². The van der Waals surface area contributed by atoms with E-state index in [1.54, 1.807) is 12.4 Å². The van der Waals surface area contributed by atoms with Crippen molar-refractivity contribution in [1.82, 2.24) is 20.2 Å². The normalized spacial score (nSPS) is 15.7. The predicted octanol–water partition coefficient (Wildman–Crippen LogP) is 2.36. The van der Waals surface area contributed by atoms with E-state index in [-0.39, 0.29) is 12.1 Å². The quantitative estimate of drug-likeness (QED) is 0.889. The zero-order chi connectivity index (χ0) is 18.5. The molecule has 1 aliphatic heterocycles. The van der Waals surface area contributed by atoms with Crippen molar-refractivity contribution in [2.45, 2.75) is 25.3 Å². The first-order chi connectivity index (χ1) is 12.6. The Labute approximate surface area is 152 Å². The van der Waals surface area contributed by atoms with Gasteiger partial charge in [-0.25, -0.2) is 4.39 Å². The van der Waals surface area contributed by atoms with Crippen LogP contribution in [0.3, 0.4) is 0 Å². The molecular formula is C19H23FN4O2. The predicted molar refractivity (Wildman–Crippen MR) is 95.6 cm³/mol. The standard InChI is InChI=1S/C19H23FN4O2/c1-24-9-5-13(6-10-24)18-16(21-7-8-22-18)12-23-19(25)15-11-14(20)3-4-17(15)26-2/h3-4,7-8,11,13H,5-6,9-10,12H2,1-2H3,(H,23,25). The van der Waals surface area contributed by atoms with Crippen LogP contribution in [-0.4, -0.2) is 48.0 Å². The lowest BCUT2D eigenvalue weighted by molar-refractivity contribution is 0.0946. The lowest BCUT2D eigenvalue weighted by atomic mass is 9.92. The highest BCUT2D eigenvalue weighted by molar-refractivity contribution is 5.96. The van der Waals surface area contributed by atoms with E-state index in [2.05, 4.69) is 27.2 Å². The lowest BCUT2D eigenvalue weighted by Crippen LogP contribution is -2.31. The monoisotopic (exact) mass is 358 g/mol. The van der Waals surface area contributed by atoms with Crippen LogP contribution in [-0.2, 0) is 6.54 Å². The second-order valence-corrected chi connectivity index (χ2v) is 6.49. The molecule has 1 aromatic carbocycles. The Kier molecular flexibility index (Phi) is 5.78. The number of nitrogens with one attached hydrogen (secondary N) is 1. The van der Waals surface area contributed by atoms with Crippen LogP contribution in [0, 0.1) is 5.82 Å². The van der Waals surface area contributed by atoms with Crippen molar-refractivity contribution in [3.05, 3.63) is 53.4 Å². The van der Waals surface area contributed by atoms with Gasteiger partial charge in [0, 0.05) is 18.3 Å². The minimum absolute atomic E-state index is 0.164. The van der Waals surface area contributed by atoms with E-state index in [1.165, 1.54) is 25.3 Å². The van der Waals surface area contributed by atoms with E-state index in [9.17, 15) is 9.18 Å². The molecule has 1 aromatic heterocycles. The average Bonchev–Trinajstić information content (AvgIpc) is 2.67. The fourth-order valence-electron chi connectivity index (χ4n) is 3.25. The maximum absolute atomic E-state index is 13.5. The highest BCUT2D eigenvalue weighted by Crippen LogP contribution is 2.27. The van der Waals surface area contributed by atoms with E-state index < -0.39 is 11.7 Å². The summed E-state index contributed by atoms with van der Waals surface area (Å²) in [5, 5.41) is 2.81. The number of benzene rings is 1. The van der Waals surface area contributed by atoms with Gasteiger partial charge in [0.1, 0.15) is 11.6 Å². The number of piperidine rings is 1. The Morgan fingerprint density at radius 1 is 1.31 bits per heavy atom. The van der Waals surface area contributed by atoms with Crippen LogP contribution >= 0.6 is 0 Å². The maximum Gasteiger partial charge on any atom is 0.255 e. The molecule has 0 saturated carbocycles. The van der Waals surface area contributed by atoms with Crippen molar-refractivity contribution in [2.24, 2.45) is 0 Å². The molecule has 0 radical (unpaired) electrons. The second-order valence-electron chi connectivity index (χ2n) is 6.49. The summed E-state index contributed by atoms with van der Waals surface area (Å²) >= 11 is 0. The van der Waals surface area contributed by atoms with Gasteiger partial charge in [-0.3, -0.25) is 14.8 Å². The van der Waals surface area contributed by atoms with Crippen LogP contribution in [0.4, 0.5) is 4.39 Å². The lowest BCUT2D eigenvalue weighted by Gasteiger charge is -2.29. The summed E-state index contributed by atoms with van der Waals surface area (Å²) in [4.78, 5) is 23.7. The van der Waals surface area contributed by atoms with Crippen LogP contribution < -0.4 is 10.1 Å². The minimum atomic E-state index is -0.484. The summed E-state index contributed by atoms with van der Waals surface area (Å²) < 4.78 is 18.6. The maximum atomic E-state index is 13.5. The SMILES string of the molecule is COc1ccc(F)cc1C(=O)NCc1nccnc1C1CCN(C)CC1. The topological polar surface area (TPSA) is 67.3 Å². The second kappa shape index (κ2) is 8.23. The Morgan fingerprint density at radius 3 is 2.77 bits per heavy atom. The number of methoxy groups -OCH3 is 1. The third kappa shape index (κ3) is 4.16. The third-order valence-electron chi connectivity index (χ3n) is 4.73. The molecule has 2 heterocycles. The molecule has 0 spiro atoms. The molecule has 2 aromatic rings. The highest BCUT2D eigenvalue weighted by Gasteiger charge is 2.23. The van der Waals surface area contributed by atoms with Crippen molar-refractivity contribution in [3.63, 3.8) is 0 Å². The Hall–Kier alpha value is -2.54. The first-order valence-corrected chi connectivity index (χ1v) is 8.68. The number of amides is 1. The van der Waals surface area contributed by atoms with Crippen LogP contribution in [0.1, 0.15) is 40.5 Å². The Balaban J connectivity index is 1.72. The van der Waals surface area contributed by atoms with Crippen LogP contribution in [0.2, 0.25) is 0 Å². The summed E-state index contributed by atoms with van der Waals surface area (Å²) in [6.07, 6.45) is 5.36. The van der Waals surface area contributed by atoms with Gasteiger partial charge in [-0.2, -0.15) is 0 Å². The van der Waals surface area contributed by atoms with Crippen molar-refractivity contribution in [1.29, 1.82) is 0 Å².